The predicted molar refractivity (Wildman–Crippen MR) is 73.3 cm³/mol. The van der Waals surface area contributed by atoms with Gasteiger partial charge in [-0.1, -0.05) is 18.2 Å². The lowest BCUT2D eigenvalue weighted by molar-refractivity contribution is -0.143. The summed E-state index contributed by atoms with van der Waals surface area (Å²) in [5.74, 6) is 0.362. The molecular weight excluding hydrogens is 242 g/mol. The molecule has 1 heterocycles. The van der Waals surface area contributed by atoms with Crippen LogP contribution in [0.3, 0.4) is 0 Å². The normalized spacial score (nSPS) is 11.9. The van der Waals surface area contributed by atoms with E-state index < -0.39 is 6.04 Å². The van der Waals surface area contributed by atoms with E-state index in [1.54, 1.807) is 18.5 Å². The Hall–Kier alpha value is -2.30. The summed E-state index contributed by atoms with van der Waals surface area (Å²) in [7, 11) is 0. The maximum atomic E-state index is 11.5. The van der Waals surface area contributed by atoms with Crippen LogP contribution in [-0.2, 0) is 9.53 Å². The van der Waals surface area contributed by atoms with Gasteiger partial charge in [-0.3, -0.25) is 0 Å². The number of carbonyl (C=O) groups is 1. The summed E-state index contributed by atoms with van der Waals surface area (Å²) >= 11 is 0. The van der Waals surface area contributed by atoms with Crippen LogP contribution in [0.15, 0.2) is 42.6 Å². The number of ether oxygens (including phenoxy) is 1. The molecule has 0 bridgehead atoms. The van der Waals surface area contributed by atoms with Crippen molar-refractivity contribution >= 4 is 11.8 Å². The summed E-state index contributed by atoms with van der Waals surface area (Å²) < 4.78 is 6.68. The van der Waals surface area contributed by atoms with Crippen LogP contribution in [0.4, 0.5) is 5.82 Å². The molecule has 5 nitrogen and oxygen atoms in total. The van der Waals surface area contributed by atoms with Gasteiger partial charge in [0.15, 0.2) is 0 Å². The average Bonchev–Trinajstić information content (AvgIpc) is 2.88. The number of benzene rings is 1. The van der Waals surface area contributed by atoms with Crippen LogP contribution in [0, 0.1) is 0 Å². The Morgan fingerprint density at radius 3 is 2.79 bits per heavy atom. The fourth-order valence-electron chi connectivity index (χ4n) is 1.67. The van der Waals surface area contributed by atoms with Crippen molar-refractivity contribution in [2.24, 2.45) is 0 Å². The summed E-state index contributed by atoms with van der Waals surface area (Å²) in [5.41, 5.74) is 0.972. The van der Waals surface area contributed by atoms with E-state index in [1.807, 2.05) is 42.6 Å². The molecule has 0 aliphatic rings. The van der Waals surface area contributed by atoms with Crippen molar-refractivity contribution < 1.29 is 9.53 Å². The second-order valence-corrected chi connectivity index (χ2v) is 4.10. The number of hydrogen-bond acceptors (Lipinski definition) is 4. The molecule has 0 fully saturated rings. The second-order valence-electron chi connectivity index (χ2n) is 4.10. The summed E-state index contributed by atoms with van der Waals surface area (Å²) in [6.45, 7) is 3.91. The first-order valence-corrected chi connectivity index (χ1v) is 6.25. The Labute approximate surface area is 112 Å². The zero-order valence-electron chi connectivity index (χ0n) is 11.0. The molecule has 0 saturated heterocycles. The van der Waals surface area contributed by atoms with Gasteiger partial charge in [0, 0.05) is 12.3 Å². The van der Waals surface area contributed by atoms with Crippen LogP contribution < -0.4 is 5.32 Å². The van der Waals surface area contributed by atoms with Gasteiger partial charge >= 0.3 is 5.97 Å². The van der Waals surface area contributed by atoms with Crippen molar-refractivity contribution in [2.45, 2.75) is 19.9 Å². The first kappa shape index (κ1) is 13.1. The minimum Gasteiger partial charge on any atom is -0.464 e. The molecule has 1 atom stereocenters. The van der Waals surface area contributed by atoms with Gasteiger partial charge in [0.2, 0.25) is 0 Å². The molecule has 100 valence electrons. The van der Waals surface area contributed by atoms with Crippen LogP contribution in [0.1, 0.15) is 13.8 Å². The number of nitrogens with one attached hydrogen (secondary N) is 1. The maximum Gasteiger partial charge on any atom is 0.328 e. The molecule has 5 heteroatoms. The molecule has 2 aromatic rings. The summed E-state index contributed by atoms with van der Waals surface area (Å²) in [5, 5.41) is 7.37. The zero-order chi connectivity index (χ0) is 13.7. The average molecular weight is 259 g/mol. The third-order valence-electron chi connectivity index (χ3n) is 2.61. The second kappa shape index (κ2) is 6.04. The first-order valence-electron chi connectivity index (χ1n) is 6.25. The highest BCUT2D eigenvalue weighted by atomic mass is 16.5. The lowest BCUT2D eigenvalue weighted by atomic mass is 10.3. The van der Waals surface area contributed by atoms with E-state index in [0.717, 1.165) is 5.69 Å². The predicted octanol–water partition coefficient (Wildman–Crippen LogP) is 2.24. The van der Waals surface area contributed by atoms with Crippen molar-refractivity contribution in [1.82, 2.24) is 9.78 Å². The number of para-hydroxylation sites is 1. The molecule has 1 unspecified atom stereocenters. The highest BCUT2D eigenvalue weighted by Gasteiger charge is 2.14. The lowest BCUT2D eigenvalue weighted by Crippen LogP contribution is -2.28. The van der Waals surface area contributed by atoms with Gasteiger partial charge in [-0.25, -0.2) is 9.48 Å². The topological polar surface area (TPSA) is 56.1 Å². The third kappa shape index (κ3) is 3.34. The Kier molecular flexibility index (Phi) is 4.18. The van der Waals surface area contributed by atoms with Gasteiger partial charge in [0.1, 0.15) is 11.9 Å². The molecule has 0 aliphatic carbocycles. The third-order valence-corrected chi connectivity index (χ3v) is 2.61. The Morgan fingerprint density at radius 2 is 2.11 bits per heavy atom. The van der Waals surface area contributed by atoms with Crippen LogP contribution in [0.5, 0.6) is 0 Å². The fourth-order valence-corrected chi connectivity index (χ4v) is 1.67. The van der Waals surface area contributed by atoms with Crippen LogP contribution in [-0.4, -0.2) is 28.4 Å². The minimum absolute atomic E-state index is 0.281. The highest BCUT2D eigenvalue weighted by molar-refractivity contribution is 5.78. The smallest absolute Gasteiger partial charge is 0.328 e. The molecule has 0 radical (unpaired) electrons. The first-order chi connectivity index (χ1) is 9.20. The lowest BCUT2D eigenvalue weighted by Gasteiger charge is -2.11. The molecule has 0 saturated carbocycles. The summed E-state index contributed by atoms with van der Waals surface area (Å²) in [6.07, 6.45) is 1.84. The van der Waals surface area contributed by atoms with Gasteiger partial charge in [0.05, 0.1) is 12.3 Å². The van der Waals surface area contributed by atoms with E-state index in [2.05, 4.69) is 10.4 Å². The summed E-state index contributed by atoms with van der Waals surface area (Å²) in [6, 6.07) is 11.2. The largest absolute Gasteiger partial charge is 0.464 e. The van der Waals surface area contributed by atoms with E-state index in [0.29, 0.717) is 12.4 Å². The number of hydrogen-bond donors (Lipinski definition) is 1. The van der Waals surface area contributed by atoms with Crippen molar-refractivity contribution in [1.29, 1.82) is 0 Å². The van der Waals surface area contributed by atoms with E-state index in [-0.39, 0.29) is 5.97 Å². The van der Waals surface area contributed by atoms with E-state index >= 15 is 0 Å². The number of esters is 1. The molecule has 1 N–H and O–H groups in total. The SMILES string of the molecule is CCOC(=O)C(C)Nc1ccn(-c2ccccc2)n1. The van der Waals surface area contributed by atoms with Crippen molar-refractivity contribution in [3.05, 3.63) is 42.6 Å². The van der Waals surface area contributed by atoms with Gasteiger partial charge in [-0.15, -0.1) is 0 Å². The van der Waals surface area contributed by atoms with Gasteiger partial charge in [-0.2, -0.15) is 5.10 Å². The number of rotatable bonds is 5. The number of carbonyl (C=O) groups excluding carboxylic acids is 1. The monoisotopic (exact) mass is 259 g/mol. The standard InChI is InChI=1S/C14H17N3O2/c1-3-19-14(18)11(2)15-13-9-10-17(16-13)12-7-5-4-6-8-12/h4-11H,3H2,1-2H3,(H,15,16). The molecule has 1 aromatic carbocycles. The molecule has 0 spiro atoms. The molecule has 0 aliphatic heterocycles. The number of nitrogens with zero attached hydrogens (tertiary/aromatic N) is 2. The van der Waals surface area contributed by atoms with Crippen molar-refractivity contribution in [3.8, 4) is 5.69 Å². The number of aromatic nitrogens is 2. The van der Waals surface area contributed by atoms with Gasteiger partial charge in [0.25, 0.3) is 0 Å². The Bertz CT molecular complexity index is 537. The van der Waals surface area contributed by atoms with E-state index in [1.165, 1.54) is 0 Å². The fraction of sp³-hybridized carbons (Fsp3) is 0.286. The molecule has 2 rings (SSSR count). The minimum atomic E-state index is -0.418. The maximum absolute atomic E-state index is 11.5. The van der Waals surface area contributed by atoms with Crippen LogP contribution in [0.25, 0.3) is 5.69 Å². The van der Waals surface area contributed by atoms with Crippen LogP contribution in [0.2, 0.25) is 0 Å². The highest BCUT2D eigenvalue weighted by Crippen LogP contribution is 2.10. The molecule has 1 aromatic heterocycles. The molecule has 19 heavy (non-hydrogen) atoms. The van der Waals surface area contributed by atoms with E-state index in [9.17, 15) is 4.79 Å². The number of anilines is 1. The zero-order valence-corrected chi connectivity index (χ0v) is 11.0. The molecule has 0 amide bonds. The van der Waals surface area contributed by atoms with Crippen molar-refractivity contribution in [3.63, 3.8) is 0 Å². The van der Waals surface area contributed by atoms with Crippen molar-refractivity contribution in [2.75, 3.05) is 11.9 Å². The van der Waals surface area contributed by atoms with E-state index in [4.69, 9.17) is 4.74 Å². The quantitative estimate of drug-likeness (QED) is 0.837. The Morgan fingerprint density at radius 1 is 1.37 bits per heavy atom. The summed E-state index contributed by atoms with van der Waals surface area (Å²) in [4.78, 5) is 11.5. The van der Waals surface area contributed by atoms with Gasteiger partial charge < -0.3 is 10.1 Å². The Balaban J connectivity index is 2.04. The van der Waals surface area contributed by atoms with Gasteiger partial charge in [-0.05, 0) is 26.0 Å². The molecular formula is C14H17N3O2. The van der Waals surface area contributed by atoms with Crippen LogP contribution >= 0.6 is 0 Å².